The molecule has 1 amide bonds. The Labute approximate surface area is 152 Å². The van der Waals surface area contributed by atoms with Gasteiger partial charge in [0.2, 0.25) is 6.41 Å². The average molecular weight is 370 g/mol. The SMILES string of the molecule is CCCSS/C(CCO)=C(/C)N(C=O)Cc1c(C)cc(C)nc1N. The zero-order valence-corrected chi connectivity index (χ0v) is 16.5. The van der Waals surface area contributed by atoms with Crippen LogP contribution < -0.4 is 5.73 Å². The summed E-state index contributed by atoms with van der Waals surface area (Å²) in [6.45, 7) is 8.36. The number of nitrogens with zero attached hydrogens (tertiary/aromatic N) is 2. The van der Waals surface area contributed by atoms with E-state index in [1.807, 2.05) is 26.8 Å². The van der Waals surface area contributed by atoms with E-state index < -0.39 is 0 Å². The van der Waals surface area contributed by atoms with Gasteiger partial charge in [-0.3, -0.25) is 4.79 Å². The Morgan fingerprint density at radius 1 is 1.46 bits per heavy atom. The van der Waals surface area contributed by atoms with E-state index in [2.05, 4.69) is 11.9 Å². The van der Waals surface area contributed by atoms with E-state index >= 15 is 0 Å². The number of aliphatic hydroxyl groups excluding tert-OH is 1. The number of nitrogen functional groups attached to an aromatic ring is 1. The summed E-state index contributed by atoms with van der Waals surface area (Å²) in [7, 11) is 3.37. The second-order valence-electron chi connectivity index (χ2n) is 5.57. The van der Waals surface area contributed by atoms with Crippen molar-refractivity contribution in [3.63, 3.8) is 0 Å². The lowest BCUT2D eigenvalue weighted by Crippen LogP contribution is -2.22. The lowest BCUT2D eigenvalue weighted by atomic mass is 10.1. The molecule has 5 nitrogen and oxygen atoms in total. The molecule has 7 heteroatoms. The highest BCUT2D eigenvalue weighted by atomic mass is 33.1. The topological polar surface area (TPSA) is 79.5 Å². The lowest BCUT2D eigenvalue weighted by molar-refractivity contribution is -0.116. The van der Waals surface area contributed by atoms with Gasteiger partial charge < -0.3 is 15.7 Å². The normalized spacial score (nSPS) is 12.0. The lowest BCUT2D eigenvalue weighted by Gasteiger charge is -2.23. The Balaban J connectivity index is 3.04. The molecule has 0 atom stereocenters. The number of pyridine rings is 1. The van der Waals surface area contributed by atoms with Crippen molar-refractivity contribution in [2.75, 3.05) is 18.1 Å². The van der Waals surface area contributed by atoms with Gasteiger partial charge in [-0.2, -0.15) is 0 Å². The third-order valence-electron chi connectivity index (χ3n) is 3.58. The van der Waals surface area contributed by atoms with Crippen LogP contribution >= 0.6 is 21.6 Å². The minimum absolute atomic E-state index is 0.0618. The van der Waals surface area contributed by atoms with Gasteiger partial charge in [0.1, 0.15) is 5.82 Å². The van der Waals surface area contributed by atoms with E-state index in [1.54, 1.807) is 26.5 Å². The maximum atomic E-state index is 11.6. The van der Waals surface area contributed by atoms with E-state index in [9.17, 15) is 9.90 Å². The molecule has 0 aromatic carbocycles. The van der Waals surface area contributed by atoms with Crippen LogP contribution in [0.4, 0.5) is 5.82 Å². The van der Waals surface area contributed by atoms with Crippen molar-refractivity contribution in [2.24, 2.45) is 0 Å². The first-order valence-corrected chi connectivity index (χ1v) is 10.3. The Morgan fingerprint density at radius 3 is 2.71 bits per heavy atom. The van der Waals surface area contributed by atoms with Crippen molar-refractivity contribution in [1.29, 1.82) is 0 Å². The first-order chi connectivity index (χ1) is 11.4. The standard InChI is InChI=1S/C17H27N3O2S2/c1-5-8-23-24-16(6-7-21)14(4)20(11-22)10-15-12(2)9-13(3)19-17(15)18/h9,11,21H,5-8,10H2,1-4H3,(H2,18,19)/b16-14-. The first kappa shape index (κ1) is 20.9. The predicted molar refractivity (Wildman–Crippen MR) is 104 cm³/mol. The number of carbonyl (C=O) groups is 1. The van der Waals surface area contributed by atoms with Crippen LogP contribution in [0.2, 0.25) is 0 Å². The number of nitrogens with two attached hydrogens (primary N) is 1. The van der Waals surface area contributed by atoms with Gasteiger partial charge >= 0.3 is 0 Å². The minimum atomic E-state index is 0.0618. The summed E-state index contributed by atoms with van der Waals surface area (Å²) in [5.41, 5.74) is 9.65. The molecule has 0 bridgehead atoms. The maximum Gasteiger partial charge on any atom is 0.214 e. The summed E-state index contributed by atoms with van der Waals surface area (Å²) < 4.78 is 0. The number of aromatic nitrogens is 1. The molecule has 0 aliphatic heterocycles. The Hall–Kier alpha value is -1.18. The van der Waals surface area contributed by atoms with Crippen molar-refractivity contribution in [1.82, 2.24) is 9.88 Å². The highest BCUT2D eigenvalue weighted by Gasteiger charge is 2.15. The fraction of sp³-hybridized carbons (Fsp3) is 0.529. The summed E-state index contributed by atoms with van der Waals surface area (Å²) in [5, 5.41) is 9.31. The van der Waals surface area contributed by atoms with Crippen LogP contribution in [0, 0.1) is 13.8 Å². The van der Waals surface area contributed by atoms with Crippen molar-refractivity contribution >= 4 is 33.8 Å². The van der Waals surface area contributed by atoms with Gasteiger partial charge in [-0.25, -0.2) is 4.98 Å². The molecule has 0 aliphatic carbocycles. The molecule has 0 aliphatic rings. The van der Waals surface area contributed by atoms with Gasteiger partial charge in [-0.15, -0.1) is 0 Å². The number of aryl methyl sites for hydroxylation is 2. The van der Waals surface area contributed by atoms with E-state index in [0.717, 1.165) is 46.0 Å². The number of allylic oxidation sites excluding steroid dienone is 1. The summed E-state index contributed by atoms with van der Waals surface area (Å²) in [6, 6.07) is 1.97. The van der Waals surface area contributed by atoms with Crippen LogP contribution in [0.5, 0.6) is 0 Å². The van der Waals surface area contributed by atoms with Crippen LogP contribution in [0.3, 0.4) is 0 Å². The number of amides is 1. The molecule has 0 saturated carbocycles. The van der Waals surface area contributed by atoms with E-state index in [0.29, 0.717) is 18.8 Å². The number of hydrogen-bond acceptors (Lipinski definition) is 6. The second kappa shape index (κ2) is 10.6. The highest BCUT2D eigenvalue weighted by molar-refractivity contribution is 8.78. The largest absolute Gasteiger partial charge is 0.396 e. The van der Waals surface area contributed by atoms with Gasteiger partial charge in [0.25, 0.3) is 0 Å². The van der Waals surface area contributed by atoms with Crippen molar-refractivity contribution in [3.8, 4) is 0 Å². The van der Waals surface area contributed by atoms with Gasteiger partial charge in [0, 0.05) is 40.6 Å². The van der Waals surface area contributed by atoms with Crippen LogP contribution in [-0.2, 0) is 11.3 Å². The molecule has 0 spiro atoms. The van der Waals surface area contributed by atoms with E-state index in [1.165, 1.54) is 0 Å². The number of anilines is 1. The molecule has 3 N–H and O–H groups in total. The second-order valence-corrected chi connectivity index (χ2v) is 8.08. The summed E-state index contributed by atoms with van der Waals surface area (Å²) in [6.07, 6.45) is 2.44. The molecule has 0 radical (unpaired) electrons. The molecular weight excluding hydrogens is 342 g/mol. The third kappa shape index (κ3) is 6.03. The molecule has 24 heavy (non-hydrogen) atoms. The van der Waals surface area contributed by atoms with Crippen LogP contribution in [0.15, 0.2) is 16.7 Å². The number of carbonyl (C=O) groups excluding carboxylic acids is 1. The molecule has 1 aromatic rings. The molecular formula is C17H27N3O2S2. The number of hydrogen-bond donors (Lipinski definition) is 2. The summed E-state index contributed by atoms with van der Waals surface area (Å²) >= 11 is 0. The van der Waals surface area contributed by atoms with Gasteiger partial charge in [-0.1, -0.05) is 28.5 Å². The molecule has 1 rings (SSSR count). The zero-order chi connectivity index (χ0) is 18.1. The fourth-order valence-corrected chi connectivity index (χ4v) is 4.84. The molecule has 1 aromatic heterocycles. The fourth-order valence-electron chi connectivity index (χ4n) is 2.24. The van der Waals surface area contributed by atoms with Crippen LogP contribution in [0.1, 0.15) is 43.5 Å². The minimum Gasteiger partial charge on any atom is -0.396 e. The summed E-state index contributed by atoms with van der Waals surface area (Å²) in [4.78, 5) is 18.6. The first-order valence-electron chi connectivity index (χ1n) is 7.99. The molecule has 0 fully saturated rings. The predicted octanol–water partition coefficient (Wildman–Crippen LogP) is 3.64. The number of aliphatic hydroxyl groups is 1. The quantitative estimate of drug-likeness (QED) is 0.372. The van der Waals surface area contributed by atoms with Gasteiger partial charge in [0.05, 0.1) is 6.54 Å². The molecule has 0 unspecified atom stereocenters. The van der Waals surface area contributed by atoms with E-state index in [-0.39, 0.29) is 6.61 Å². The van der Waals surface area contributed by atoms with Crippen molar-refractivity contribution < 1.29 is 9.90 Å². The van der Waals surface area contributed by atoms with E-state index in [4.69, 9.17) is 5.73 Å². The Kier molecular flexibility index (Phi) is 9.25. The van der Waals surface area contributed by atoms with Crippen LogP contribution in [-0.4, -0.2) is 33.8 Å². The number of rotatable bonds is 10. The highest BCUT2D eigenvalue weighted by Crippen LogP contribution is 2.35. The molecule has 0 saturated heterocycles. The third-order valence-corrected chi connectivity index (χ3v) is 6.43. The smallest absolute Gasteiger partial charge is 0.214 e. The maximum absolute atomic E-state index is 11.6. The van der Waals surface area contributed by atoms with Gasteiger partial charge in [-0.05, 0) is 38.8 Å². The Morgan fingerprint density at radius 2 is 2.17 bits per heavy atom. The zero-order valence-electron chi connectivity index (χ0n) is 14.8. The van der Waals surface area contributed by atoms with Crippen molar-refractivity contribution in [3.05, 3.63) is 33.5 Å². The average Bonchev–Trinajstić information content (AvgIpc) is 2.53. The molecule has 134 valence electrons. The Bertz CT molecular complexity index is 568. The molecule has 1 heterocycles. The summed E-state index contributed by atoms with van der Waals surface area (Å²) in [5.74, 6) is 1.49. The monoisotopic (exact) mass is 369 g/mol. The van der Waals surface area contributed by atoms with Crippen molar-refractivity contribution in [2.45, 2.75) is 47.1 Å². The van der Waals surface area contributed by atoms with Crippen LogP contribution in [0.25, 0.3) is 0 Å². The van der Waals surface area contributed by atoms with Gasteiger partial charge in [0.15, 0.2) is 0 Å².